The van der Waals surface area contributed by atoms with E-state index in [9.17, 15) is 57.8 Å². The molecule has 0 spiro atoms. The van der Waals surface area contributed by atoms with Gasteiger partial charge in [-0.3, -0.25) is 43.2 Å². The summed E-state index contributed by atoms with van der Waals surface area (Å²) in [5.74, 6) is 5.19. The third-order valence-electron chi connectivity index (χ3n) is 35.7. The third-order valence-corrected chi connectivity index (χ3v) is 35.7. The van der Waals surface area contributed by atoms with Crippen LogP contribution in [0.15, 0.2) is 0 Å². The number of esters is 11. The van der Waals surface area contributed by atoms with Gasteiger partial charge >= 0.3 is 65.7 Å². The van der Waals surface area contributed by atoms with Gasteiger partial charge in [0.25, 0.3) is 0 Å². The van der Waals surface area contributed by atoms with Crippen LogP contribution in [0.25, 0.3) is 0 Å². The highest BCUT2D eigenvalue weighted by molar-refractivity contribution is 5.87. The van der Waals surface area contributed by atoms with Crippen LogP contribution in [0.5, 0.6) is 0 Å². The first-order valence-electron chi connectivity index (χ1n) is 48.4. The van der Waals surface area contributed by atoms with Gasteiger partial charge in [0.15, 0.2) is 0 Å². The molecule has 844 valence electrons. The van der Waals surface area contributed by atoms with Gasteiger partial charge in [0.2, 0.25) is 11.2 Å². The molecule has 3 aliphatic heterocycles. The molecule has 15 atom stereocenters. The van der Waals surface area contributed by atoms with Gasteiger partial charge < -0.3 is 57.2 Å². The third kappa shape index (κ3) is 29.2. The van der Waals surface area contributed by atoms with Crippen LogP contribution >= 0.6 is 0 Å². The Hall–Kier alpha value is -5.87. The standard InChI is InChI=1S/2C18H26O6.2C17H28O2.C16H26O3.C15H24O4.18CH4/c2*1-6-17(2,3)15(20)24-18(4,5)16(21)23-12-9-7-10-11(8-9)14(19)22-13(10)12;2*1-5-16(2,3)15(18)19-17(4)13-7-11-6-12(9-13)10-14(17)8-11;1-4-14(2,3)13(17)19-16-8-11-5-12(9-16)7-15(18,6-11)10-16;1-6-13(2,3)12(17)19-14(4)8-7-10-9-15(14,5)18-11(10)16;;;;;;;;;;;;;;;;;;/h2*9-13H,6-8H2,1-5H3;2*11-14H,5-10H2,1-4H3;11-12,18H,4-10H2,1-3H3;10H,6-9H2,1-5H3;18*1H4. The van der Waals surface area contributed by atoms with Crippen molar-refractivity contribution in [2.75, 3.05) is 0 Å². The van der Waals surface area contributed by atoms with E-state index in [1.54, 1.807) is 27.7 Å². The number of rotatable bonds is 22. The van der Waals surface area contributed by atoms with Crippen LogP contribution in [-0.2, 0) is 105 Å². The van der Waals surface area contributed by atoms with E-state index >= 15 is 0 Å². The fraction of sp³-hybridized carbons (Fsp3) is 0.908. The van der Waals surface area contributed by atoms with Crippen molar-refractivity contribution in [3.8, 4) is 0 Å². The predicted octanol–water partition coefficient (Wildman–Crippen LogP) is 30.2. The molecule has 23 heteroatoms. The molecule has 0 aromatic carbocycles. The number of aliphatic hydroxyl groups is 1. The van der Waals surface area contributed by atoms with Crippen molar-refractivity contribution in [2.45, 2.75) is 569 Å². The second kappa shape index (κ2) is 53.0. The maximum Gasteiger partial charge on any atom is 0.350 e. The molecule has 0 radical (unpaired) electrons. The van der Waals surface area contributed by atoms with Crippen molar-refractivity contribution in [3.63, 3.8) is 0 Å². The molecule has 1 N–H and O–H groups in total. The molecule has 20 aliphatic rings. The van der Waals surface area contributed by atoms with Crippen molar-refractivity contribution in [2.24, 2.45) is 133 Å². The fourth-order valence-corrected chi connectivity index (χ4v) is 24.8. The zero-order valence-corrected chi connectivity index (χ0v) is 80.6. The van der Waals surface area contributed by atoms with E-state index in [1.807, 2.05) is 96.9 Å². The molecular formula is C119H230O23. The highest BCUT2D eigenvalue weighted by Crippen LogP contribution is 2.64. The summed E-state index contributed by atoms with van der Waals surface area (Å²) in [5.41, 5.74) is -8.26. The number of hydrogen-bond donors (Lipinski definition) is 1. The van der Waals surface area contributed by atoms with Crippen LogP contribution in [0.3, 0.4) is 0 Å². The van der Waals surface area contributed by atoms with Crippen LogP contribution < -0.4 is 0 Å². The van der Waals surface area contributed by atoms with Crippen LogP contribution in [0.1, 0.15) is 500 Å². The molecule has 17 aliphatic carbocycles. The van der Waals surface area contributed by atoms with Gasteiger partial charge in [0, 0.05) is 36.5 Å². The second-order valence-corrected chi connectivity index (χ2v) is 48.0. The summed E-state index contributed by atoms with van der Waals surface area (Å²) in [5, 5.41) is 10.6. The van der Waals surface area contributed by atoms with E-state index in [0.29, 0.717) is 67.6 Å². The summed E-state index contributed by atoms with van der Waals surface area (Å²) in [6.45, 7) is 49.1. The first-order chi connectivity index (χ1) is 57.2. The van der Waals surface area contributed by atoms with Crippen LogP contribution in [0, 0.1) is 133 Å². The van der Waals surface area contributed by atoms with Gasteiger partial charge in [0.1, 0.15) is 52.4 Å². The monoisotopic (exact) mass is 2030 g/mol. The lowest BCUT2D eigenvalue weighted by Crippen LogP contribution is -2.61. The first kappa shape index (κ1) is 149. The Morgan fingerprint density at radius 3 is 0.894 bits per heavy atom. The number of ether oxygens (including phenoxy) is 11. The number of hydrogen-bond acceptors (Lipinski definition) is 23. The van der Waals surface area contributed by atoms with E-state index in [4.69, 9.17) is 52.1 Å². The van der Waals surface area contributed by atoms with Crippen molar-refractivity contribution < 1.29 is 110 Å². The average molecular weight is 2030 g/mol. The fourth-order valence-electron chi connectivity index (χ4n) is 24.8. The van der Waals surface area contributed by atoms with E-state index < -0.39 is 85.8 Å². The summed E-state index contributed by atoms with van der Waals surface area (Å²) in [6.07, 6.45) is 27.1. The summed E-state index contributed by atoms with van der Waals surface area (Å²) in [4.78, 5) is 135. The normalized spacial score (nSPS) is 34.5. The summed E-state index contributed by atoms with van der Waals surface area (Å²) in [6, 6.07) is 0. The molecule has 15 unspecified atom stereocenters. The summed E-state index contributed by atoms with van der Waals surface area (Å²) in [7, 11) is 0. The molecule has 3 heterocycles. The zero-order valence-electron chi connectivity index (χ0n) is 80.6. The van der Waals surface area contributed by atoms with E-state index in [-0.39, 0.29) is 257 Å². The van der Waals surface area contributed by atoms with E-state index in [0.717, 1.165) is 107 Å². The zero-order chi connectivity index (χ0) is 91.8. The Kier molecular flexibility index (Phi) is 55.7. The van der Waals surface area contributed by atoms with Crippen LogP contribution in [0.4, 0.5) is 0 Å². The second-order valence-electron chi connectivity index (χ2n) is 48.0. The maximum absolute atomic E-state index is 12.6. The maximum atomic E-state index is 12.6. The minimum atomic E-state index is -1.37. The molecule has 20 rings (SSSR count). The lowest BCUT2D eigenvalue weighted by Gasteiger charge is -2.59. The summed E-state index contributed by atoms with van der Waals surface area (Å²) >= 11 is 0. The predicted molar refractivity (Wildman–Crippen MR) is 583 cm³/mol. The quantitative estimate of drug-likeness (QED) is 0.0777. The lowest BCUT2D eigenvalue weighted by molar-refractivity contribution is -0.225. The Morgan fingerprint density at radius 1 is 0.331 bits per heavy atom. The molecule has 23 nitrogen and oxygen atoms in total. The highest BCUT2D eigenvalue weighted by Gasteiger charge is 2.68. The number of carbonyl (C=O) groups excluding carboxylic acids is 11. The minimum Gasteiger partial charge on any atom is -0.459 e. The average Bonchev–Trinajstić information content (AvgIpc) is 1.45. The largest absolute Gasteiger partial charge is 0.459 e. The first-order valence-corrected chi connectivity index (χ1v) is 48.4. The molecular weight excluding hydrogens is 1800 g/mol. The van der Waals surface area contributed by atoms with Crippen molar-refractivity contribution in [1.29, 1.82) is 0 Å². The van der Waals surface area contributed by atoms with Gasteiger partial charge in [-0.15, -0.1) is 0 Å². The van der Waals surface area contributed by atoms with Gasteiger partial charge in [-0.2, -0.15) is 0 Å². The van der Waals surface area contributed by atoms with E-state index in [1.165, 1.54) is 98.3 Å². The van der Waals surface area contributed by atoms with Gasteiger partial charge in [-0.25, -0.2) is 9.59 Å². The van der Waals surface area contributed by atoms with Crippen molar-refractivity contribution in [3.05, 3.63) is 0 Å². The van der Waals surface area contributed by atoms with Crippen molar-refractivity contribution >= 4 is 65.7 Å². The highest BCUT2D eigenvalue weighted by atomic mass is 16.6. The van der Waals surface area contributed by atoms with Crippen LogP contribution in [-0.4, -0.2) is 140 Å². The van der Waals surface area contributed by atoms with E-state index in [2.05, 4.69) is 27.7 Å². The lowest BCUT2D eigenvalue weighted by atomic mass is 9.50. The molecule has 0 aromatic heterocycles. The van der Waals surface area contributed by atoms with Gasteiger partial charge in [-0.05, 0) is 371 Å². The molecule has 0 amide bonds. The summed E-state index contributed by atoms with van der Waals surface area (Å²) < 4.78 is 62.5. The smallest absolute Gasteiger partial charge is 0.350 e. The Morgan fingerprint density at radius 2 is 0.606 bits per heavy atom. The Labute approximate surface area is 873 Å². The molecule has 20 fully saturated rings. The molecule has 0 aromatic rings. The van der Waals surface area contributed by atoms with Gasteiger partial charge in [0.05, 0.1) is 55.8 Å². The van der Waals surface area contributed by atoms with Crippen LogP contribution in [0.2, 0.25) is 0 Å². The molecule has 17 saturated carbocycles. The number of fused-ring (bicyclic) bond motifs is 4. The van der Waals surface area contributed by atoms with Crippen molar-refractivity contribution in [1.82, 2.24) is 0 Å². The molecule has 142 heavy (non-hydrogen) atoms. The SMILES string of the molecule is C.C.C.C.C.C.C.C.C.C.C.C.C.C.C.C.C.C.CCC(C)(C)C(=O)OC(C)(C)C(=O)OC1C2CC3C(=O)OC1C3C2.CCC(C)(C)C(=O)OC(C)(C)C(=O)OC1C2CC3C(=O)OC1C3C2.CCC(C)(C)C(=O)OC1(C)C2CC3CC(C2)CC1C3.CCC(C)(C)C(=O)OC1(C)C2CC3CC(C2)CC1C3.CCC(C)(C)C(=O)OC1(C)CCC2CC1(C)OC2=O.CCC(C)(C)C(=O)OC12CC3CC(CC(O)(C3)C1)C2. The molecule has 18 bridgehead atoms. The Bertz CT molecular complexity index is 3800. The minimum absolute atomic E-state index is 0. The Balaban J connectivity index is -0.000000301. The molecule has 3 saturated heterocycles. The van der Waals surface area contributed by atoms with Gasteiger partial charge in [-0.1, -0.05) is 175 Å². The number of carbonyl (C=O) groups is 11. The topological polar surface area (TPSA) is 310 Å².